The van der Waals surface area contributed by atoms with E-state index in [0.717, 1.165) is 22.6 Å². The molecular weight excluding hydrogens is 403 g/mol. The number of amides is 2. The Kier molecular flexibility index (Phi) is 5.72. The van der Waals surface area contributed by atoms with Crippen LogP contribution in [0.4, 0.5) is 4.39 Å². The van der Waals surface area contributed by atoms with Crippen LogP contribution in [0.2, 0.25) is 0 Å². The summed E-state index contributed by atoms with van der Waals surface area (Å²) in [7, 11) is 0. The fraction of sp³-hybridized carbons (Fsp3) is 0.130. The molecule has 0 bridgehead atoms. The van der Waals surface area contributed by atoms with Crippen LogP contribution in [0.15, 0.2) is 71.6 Å². The van der Waals surface area contributed by atoms with Gasteiger partial charge in [-0.3, -0.25) is 9.59 Å². The molecule has 5 nitrogen and oxygen atoms in total. The van der Waals surface area contributed by atoms with Crippen LogP contribution >= 0.6 is 11.8 Å². The standard InChI is InChI=1S/C23H19FN2O3S/c24-16-5-10-21-19(13-16)20(11-12-30-21)26-23(28)15-3-8-18(9-4-15)29-17-6-1-14(2-7-17)22(25)27/h1-10,13,20H,11-12H2,(H2,25,27)(H,26,28). The Morgan fingerprint density at radius 2 is 1.60 bits per heavy atom. The smallest absolute Gasteiger partial charge is 0.251 e. The van der Waals surface area contributed by atoms with Crippen molar-refractivity contribution in [1.29, 1.82) is 0 Å². The number of thioether (sulfide) groups is 1. The van der Waals surface area contributed by atoms with Gasteiger partial charge in [-0.1, -0.05) is 0 Å². The molecule has 4 rings (SSSR count). The minimum Gasteiger partial charge on any atom is -0.457 e. The minimum atomic E-state index is -0.501. The molecule has 7 heteroatoms. The first-order chi connectivity index (χ1) is 14.5. The van der Waals surface area contributed by atoms with Crippen molar-refractivity contribution in [2.45, 2.75) is 17.4 Å². The van der Waals surface area contributed by atoms with E-state index in [9.17, 15) is 14.0 Å². The third kappa shape index (κ3) is 4.46. The van der Waals surface area contributed by atoms with Gasteiger partial charge in [0.2, 0.25) is 5.91 Å². The second-order valence-corrected chi connectivity index (χ2v) is 8.00. The van der Waals surface area contributed by atoms with Crippen LogP contribution < -0.4 is 15.8 Å². The van der Waals surface area contributed by atoms with Gasteiger partial charge < -0.3 is 15.8 Å². The van der Waals surface area contributed by atoms with E-state index in [1.165, 1.54) is 12.1 Å². The molecule has 152 valence electrons. The maximum absolute atomic E-state index is 13.7. The van der Waals surface area contributed by atoms with Crippen LogP contribution in [-0.4, -0.2) is 17.6 Å². The second kappa shape index (κ2) is 8.59. The SMILES string of the molecule is NC(=O)c1ccc(Oc2ccc(C(=O)NC3CCSc4ccc(F)cc43)cc2)cc1. The van der Waals surface area contributed by atoms with Crippen LogP contribution in [-0.2, 0) is 0 Å². The number of hydrogen-bond donors (Lipinski definition) is 2. The third-order valence-corrected chi connectivity index (χ3v) is 5.93. The molecule has 1 atom stereocenters. The Morgan fingerprint density at radius 1 is 0.967 bits per heavy atom. The predicted molar refractivity (Wildman–Crippen MR) is 113 cm³/mol. The Labute approximate surface area is 177 Å². The van der Waals surface area contributed by atoms with E-state index in [4.69, 9.17) is 10.5 Å². The molecule has 1 heterocycles. The van der Waals surface area contributed by atoms with Crippen molar-refractivity contribution in [3.63, 3.8) is 0 Å². The minimum absolute atomic E-state index is 0.218. The summed E-state index contributed by atoms with van der Waals surface area (Å²) in [5.41, 5.74) is 6.93. The lowest BCUT2D eigenvalue weighted by molar-refractivity contribution is 0.0934. The number of fused-ring (bicyclic) bond motifs is 1. The van der Waals surface area contributed by atoms with Gasteiger partial charge in [0, 0.05) is 21.8 Å². The molecular formula is C23H19FN2O3S. The summed E-state index contributed by atoms with van der Waals surface area (Å²) in [5.74, 6) is 0.944. The average Bonchev–Trinajstić information content (AvgIpc) is 2.75. The number of carbonyl (C=O) groups excluding carboxylic acids is 2. The zero-order chi connectivity index (χ0) is 21.1. The van der Waals surface area contributed by atoms with Gasteiger partial charge >= 0.3 is 0 Å². The molecule has 3 N–H and O–H groups in total. The van der Waals surface area contributed by atoms with Crippen LogP contribution in [0.1, 0.15) is 38.7 Å². The fourth-order valence-electron chi connectivity index (χ4n) is 3.25. The quantitative estimate of drug-likeness (QED) is 0.625. The van der Waals surface area contributed by atoms with Gasteiger partial charge in [-0.05, 0) is 78.7 Å². The molecule has 0 spiro atoms. The summed E-state index contributed by atoms with van der Waals surface area (Å²) < 4.78 is 19.4. The monoisotopic (exact) mass is 422 g/mol. The van der Waals surface area contributed by atoms with E-state index in [2.05, 4.69) is 5.32 Å². The fourth-order valence-corrected chi connectivity index (χ4v) is 4.36. The highest BCUT2D eigenvalue weighted by Crippen LogP contribution is 2.36. The molecule has 3 aromatic carbocycles. The van der Waals surface area contributed by atoms with E-state index in [1.807, 2.05) is 0 Å². The number of hydrogen-bond acceptors (Lipinski definition) is 4. The van der Waals surface area contributed by atoms with Crippen LogP contribution in [0, 0.1) is 5.82 Å². The lowest BCUT2D eigenvalue weighted by atomic mass is 10.0. The lowest BCUT2D eigenvalue weighted by Gasteiger charge is -2.26. The van der Waals surface area contributed by atoms with Crippen molar-refractivity contribution < 1.29 is 18.7 Å². The molecule has 0 radical (unpaired) electrons. The van der Waals surface area contributed by atoms with Crippen LogP contribution in [0.3, 0.4) is 0 Å². The van der Waals surface area contributed by atoms with Crippen molar-refractivity contribution in [3.8, 4) is 11.5 Å². The van der Waals surface area contributed by atoms with E-state index in [0.29, 0.717) is 22.6 Å². The molecule has 30 heavy (non-hydrogen) atoms. The van der Waals surface area contributed by atoms with Gasteiger partial charge in [-0.25, -0.2) is 4.39 Å². The van der Waals surface area contributed by atoms with Gasteiger partial charge in [0.05, 0.1) is 6.04 Å². The molecule has 0 saturated heterocycles. The highest BCUT2D eigenvalue weighted by molar-refractivity contribution is 7.99. The van der Waals surface area contributed by atoms with Gasteiger partial charge in [-0.2, -0.15) is 0 Å². The maximum Gasteiger partial charge on any atom is 0.251 e. The Morgan fingerprint density at radius 3 is 2.23 bits per heavy atom. The molecule has 0 saturated carbocycles. The van der Waals surface area contributed by atoms with Gasteiger partial charge in [0.25, 0.3) is 5.91 Å². The summed E-state index contributed by atoms with van der Waals surface area (Å²) in [6.45, 7) is 0. The first-order valence-electron chi connectivity index (χ1n) is 9.40. The Bertz CT molecular complexity index is 1080. The highest BCUT2D eigenvalue weighted by Gasteiger charge is 2.23. The Balaban J connectivity index is 1.42. The highest BCUT2D eigenvalue weighted by atomic mass is 32.2. The number of carbonyl (C=O) groups is 2. The zero-order valence-electron chi connectivity index (χ0n) is 15.9. The van der Waals surface area contributed by atoms with Crippen LogP contribution in [0.5, 0.6) is 11.5 Å². The molecule has 0 aliphatic carbocycles. The van der Waals surface area contributed by atoms with E-state index in [-0.39, 0.29) is 17.8 Å². The number of ether oxygens (including phenoxy) is 1. The number of nitrogens with one attached hydrogen (secondary N) is 1. The van der Waals surface area contributed by atoms with E-state index >= 15 is 0 Å². The molecule has 3 aromatic rings. The number of primary amides is 1. The summed E-state index contributed by atoms with van der Waals surface area (Å²) in [6.07, 6.45) is 0.745. The molecule has 1 aliphatic rings. The van der Waals surface area contributed by atoms with Crippen molar-refractivity contribution in [1.82, 2.24) is 5.32 Å². The molecule has 0 fully saturated rings. The van der Waals surface area contributed by atoms with E-state index < -0.39 is 5.91 Å². The predicted octanol–water partition coefficient (Wildman–Crippen LogP) is 4.68. The van der Waals surface area contributed by atoms with Crippen LogP contribution in [0.25, 0.3) is 0 Å². The normalized spacial score (nSPS) is 15.2. The summed E-state index contributed by atoms with van der Waals surface area (Å²) in [6, 6.07) is 17.7. The Hall–Kier alpha value is -3.32. The van der Waals surface area contributed by atoms with Gasteiger partial charge in [0.1, 0.15) is 17.3 Å². The molecule has 2 amide bonds. The van der Waals surface area contributed by atoms with Crippen molar-refractivity contribution in [2.24, 2.45) is 5.73 Å². The largest absolute Gasteiger partial charge is 0.457 e. The number of halogens is 1. The molecule has 1 unspecified atom stereocenters. The topological polar surface area (TPSA) is 81.4 Å². The van der Waals surface area contributed by atoms with Crippen molar-refractivity contribution >= 4 is 23.6 Å². The zero-order valence-corrected chi connectivity index (χ0v) is 16.7. The van der Waals surface area contributed by atoms with E-state index in [1.54, 1.807) is 66.4 Å². The first kappa shape index (κ1) is 20.0. The summed E-state index contributed by atoms with van der Waals surface area (Å²) in [5, 5.41) is 3.00. The first-order valence-corrected chi connectivity index (χ1v) is 10.4. The van der Waals surface area contributed by atoms with Crippen molar-refractivity contribution in [2.75, 3.05) is 5.75 Å². The van der Waals surface area contributed by atoms with Gasteiger partial charge in [-0.15, -0.1) is 11.8 Å². The van der Waals surface area contributed by atoms with Gasteiger partial charge in [0.15, 0.2) is 0 Å². The number of rotatable bonds is 5. The average molecular weight is 422 g/mol. The lowest BCUT2D eigenvalue weighted by Crippen LogP contribution is -2.30. The maximum atomic E-state index is 13.7. The second-order valence-electron chi connectivity index (χ2n) is 6.86. The van der Waals surface area contributed by atoms with Crippen molar-refractivity contribution in [3.05, 3.63) is 89.2 Å². The molecule has 0 aromatic heterocycles. The number of benzene rings is 3. The number of nitrogens with two attached hydrogens (primary N) is 1. The molecule has 1 aliphatic heterocycles. The summed E-state index contributed by atoms with van der Waals surface area (Å²) in [4.78, 5) is 24.8. The third-order valence-electron chi connectivity index (χ3n) is 4.81. The summed E-state index contributed by atoms with van der Waals surface area (Å²) >= 11 is 1.67.